The first-order chi connectivity index (χ1) is 9.90. The molecule has 1 saturated heterocycles. The minimum Gasteiger partial charge on any atom is -0.480 e. The summed E-state index contributed by atoms with van der Waals surface area (Å²) in [6, 6.07) is 4.29. The number of amides is 2. The predicted molar refractivity (Wildman–Crippen MR) is 77.2 cm³/mol. The normalized spacial score (nSPS) is 17.6. The van der Waals surface area contributed by atoms with Gasteiger partial charge in [-0.05, 0) is 37.5 Å². The van der Waals surface area contributed by atoms with E-state index in [4.69, 9.17) is 0 Å². The number of nitrogens with zero attached hydrogens (tertiary/aromatic N) is 1. The number of aryl methyl sites for hydroxylation is 1. The zero-order chi connectivity index (χ0) is 15.6. The zero-order valence-electron chi connectivity index (χ0n) is 12.0. The van der Waals surface area contributed by atoms with E-state index in [0.717, 1.165) is 5.56 Å². The molecule has 112 valence electrons. The van der Waals surface area contributed by atoms with Gasteiger partial charge in [-0.3, -0.25) is 9.59 Å². The Morgan fingerprint density at radius 2 is 2.05 bits per heavy atom. The SMILES string of the molecule is CC(=O)Nc1ccc(C)c(C(=O)N2CCC[C@@H]2C(=O)O)c1. The topological polar surface area (TPSA) is 86.7 Å². The van der Waals surface area contributed by atoms with Gasteiger partial charge >= 0.3 is 5.97 Å². The van der Waals surface area contributed by atoms with Gasteiger partial charge in [0.25, 0.3) is 5.91 Å². The van der Waals surface area contributed by atoms with Crippen molar-refractivity contribution in [3.05, 3.63) is 29.3 Å². The Hall–Kier alpha value is -2.37. The minimum absolute atomic E-state index is 0.221. The molecular weight excluding hydrogens is 272 g/mol. The molecule has 2 N–H and O–H groups in total. The molecule has 1 aromatic carbocycles. The molecule has 2 amide bonds. The monoisotopic (exact) mass is 290 g/mol. The van der Waals surface area contributed by atoms with Crippen LogP contribution in [0, 0.1) is 6.92 Å². The summed E-state index contributed by atoms with van der Waals surface area (Å²) in [6.07, 6.45) is 1.17. The smallest absolute Gasteiger partial charge is 0.326 e. The molecule has 1 heterocycles. The summed E-state index contributed by atoms with van der Waals surface area (Å²) >= 11 is 0. The highest BCUT2D eigenvalue weighted by atomic mass is 16.4. The highest BCUT2D eigenvalue weighted by Crippen LogP contribution is 2.23. The lowest BCUT2D eigenvalue weighted by molar-refractivity contribution is -0.141. The van der Waals surface area contributed by atoms with Crippen LogP contribution in [0.3, 0.4) is 0 Å². The van der Waals surface area contributed by atoms with Gasteiger partial charge in [0, 0.05) is 24.7 Å². The molecular formula is C15H18N2O4. The van der Waals surface area contributed by atoms with Gasteiger partial charge in [0.05, 0.1) is 0 Å². The third kappa shape index (κ3) is 3.21. The van der Waals surface area contributed by atoms with Crippen LogP contribution >= 0.6 is 0 Å². The number of hydrogen-bond acceptors (Lipinski definition) is 3. The Kier molecular flexibility index (Phi) is 4.26. The first kappa shape index (κ1) is 15.0. The highest BCUT2D eigenvalue weighted by molar-refractivity contribution is 6.00. The van der Waals surface area contributed by atoms with Gasteiger partial charge in [0.15, 0.2) is 0 Å². The Labute approximate surface area is 122 Å². The molecule has 21 heavy (non-hydrogen) atoms. The molecule has 1 aromatic rings. The molecule has 1 aliphatic rings. The van der Waals surface area contributed by atoms with Gasteiger partial charge in [0.1, 0.15) is 6.04 Å². The number of hydrogen-bond donors (Lipinski definition) is 2. The van der Waals surface area contributed by atoms with Gasteiger partial charge in [-0.1, -0.05) is 6.07 Å². The Morgan fingerprint density at radius 3 is 2.67 bits per heavy atom. The van der Waals surface area contributed by atoms with Crippen molar-refractivity contribution in [2.45, 2.75) is 32.7 Å². The first-order valence-corrected chi connectivity index (χ1v) is 6.82. The molecule has 1 aliphatic heterocycles. The van der Waals surface area contributed by atoms with E-state index in [1.165, 1.54) is 11.8 Å². The third-order valence-electron chi connectivity index (χ3n) is 3.59. The number of anilines is 1. The number of benzene rings is 1. The number of carbonyl (C=O) groups is 3. The van der Waals surface area contributed by atoms with Crippen LogP contribution in [0.25, 0.3) is 0 Å². The molecule has 1 atom stereocenters. The second kappa shape index (κ2) is 5.95. The van der Waals surface area contributed by atoms with Crippen LogP contribution in [0.4, 0.5) is 5.69 Å². The second-order valence-electron chi connectivity index (χ2n) is 5.21. The van der Waals surface area contributed by atoms with Crippen LogP contribution in [0.1, 0.15) is 35.7 Å². The molecule has 2 rings (SSSR count). The number of rotatable bonds is 3. The summed E-state index contributed by atoms with van der Waals surface area (Å²) < 4.78 is 0. The van der Waals surface area contributed by atoms with Crippen molar-refractivity contribution in [3.8, 4) is 0 Å². The number of carboxylic acid groups (broad SMARTS) is 1. The van der Waals surface area contributed by atoms with Crippen LogP contribution < -0.4 is 5.32 Å². The quantitative estimate of drug-likeness (QED) is 0.886. The van der Waals surface area contributed by atoms with Crippen molar-refractivity contribution in [1.82, 2.24) is 4.90 Å². The highest BCUT2D eigenvalue weighted by Gasteiger charge is 2.34. The maximum absolute atomic E-state index is 12.6. The molecule has 0 bridgehead atoms. The minimum atomic E-state index is -0.975. The van der Waals surface area contributed by atoms with E-state index in [1.54, 1.807) is 25.1 Å². The molecule has 0 radical (unpaired) electrons. The van der Waals surface area contributed by atoms with Gasteiger partial charge in [-0.25, -0.2) is 4.79 Å². The van der Waals surface area contributed by atoms with Crippen LogP contribution in [0.5, 0.6) is 0 Å². The predicted octanol–water partition coefficient (Wildman–Crippen LogP) is 1.64. The van der Waals surface area contributed by atoms with Crippen molar-refractivity contribution in [2.24, 2.45) is 0 Å². The van der Waals surface area contributed by atoms with E-state index in [-0.39, 0.29) is 11.8 Å². The van der Waals surface area contributed by atoms with Gasteiger partial charge < -0.3 is 15.3 Å². The summed E-state index contributed by atoms with van der Waals surface area (Å²) in [5, 5.41) is 11.8. The fourth-order valence-electron chi connectivity index (χ4n) is 2.55. The molecule has 0 unspecified atom stereocenters. The molecule has 6 nitrogen and oxygen atoms in total. The van der Waals surface area contributed by atoms with E-state index in [0.29, 0.717) is 30.6 Å². The van der Waals surface area contributed by atoms with Crippen LogP contribution in [0.15, 0.2) is 18.2 Å². The Morgan fingerprint density at radius 1 is 1.33 bits per heavy atom. The Balaban J connectivity index is 2.29. The van der Waals surface area contributed by atoms with Crippen molar-refractivity contribution in [2.75, 3.05) is 11.9 Å². The molecule has 6 heteroatoms. The van der Waals surface area contributed by atoms with E-state index < -0.39 is 12.0 Å². The Bertz CT molecular complexity index is 597. The molecule has 0 aliphatic carbocycles. The van der Waals surface area contributed by atoms with Crippen molar-refractivity contribution < 1.29 is 19.5 Å². The number of carboxylic acids is 1. The summed E-state index contributed by atoms with van der Waals surface area (Å²) in [6.45, 7) is 3.62. The fraction of sp³-hybridized carbons (Fsp3) is 0.400. The zero-order valence-corrected chi connectivity index (χ0v) is 12.0. The summed E-state index contributed by atoms with van der Waals surface area (Å²) in [5.41, 5.74) is 1.71. The molecule has 1 fully saturated rings. The van der Waals surface area contributed by atoms with E-state index in [1.807, 2.05) is 0 Å². The molecule has 0 aromatic heterocycles. The van der Waals surface area contributed by atoms with Crippen LogP contribution in [-0.2, 0) is 9.59 Å². The lowest BCUT2D eigenvalue weighted by Crippen LogP contribution is -2.40. The largest absolute Gasteiger partial charge is 0.480 e. The standard InChI is InChI=1S/C15H18N2O4/c1-9-5-6-11(16-10(2)18)8-12(9)14(19)17-7-3-4-13(17)15(20)21/h5-6,8,13H,3-4,7H2,1-2H3,(H,16,18)(H,20,21)/t13-/m1/s1. The van der Waals surface area contributed by atoms with Gasteiger partial charge in [-0.15, -0.1) is 0 Å². The van der Waals surface area contributed by atoms with Crippen molar-refractivity contribution in [1.29, 1.82) is 0 Å². The number of nitrogens with one attached hydrogen (secondary N) is 1. The van der Waals surface area contributed by atoms with Crippen LogP contribution in [-0.4, -0.2) is 40.4 Å². The van der Waals surface area contributed by atoms with Gasteiger partial charge in [-0.2, -0.15) is 0 Å². The van der Waals surface area contributed by atoms with E-state index in [2.05, 4.69) is 5.32 Å². The fourth-order valence-corrected chi connectivity index (χ4v) is 2.55. The maximum atomic E-state index is 12.6. The summed E-state index contributed by atoms with van der Waals surface area (Å²) in [4.78, 5) is 36.2. The number of aliphatic carboxylic acids is 1. The average Bonchev–Trinajstić information content (AvgIpc) is 2.89. The summed E-state index contributed by atoms with van der Waals surface area (Å²) in [5.74, 6) is -1.50. The van der Waals surface area contributed by atoms with E-state index in [9.17, 15) is 19.5 Å². The van der Waals surface area contributed by atoms with Crippen molar-refractivity contribution >= 4 is 23.5 Å². The summed E-state index contributed by atoms with van der Waals surface area (Å²) in [7, 11) is 0. The average molecular weight is 290 g/mol. The first-order valence-electron chi connectivity index (χ1n) is 6.82. The lowest BCUT2D eigenvalue weighted by Gasteiger charge is -2.22. The van der Waals surface area contributed by atoms with Crippen LogP contribution in [0.2, 0.25) is 0 Å². The van der Waals surface area contributed by atoms with Gasteiger partial charge in [0.2, 0.25) is 5.91 Å². The lowest BCUT2D eigenvalue weighted by atomic mass is 10.1. The molecule has 0 spiro atoms. The number of carbonyl (C=O) groups excluding carboxylic acids is 2. The van der Waals surface area contributed by atoms with E-state index >= 15 is 0 Å². The molecule has 0 saturated carbocycles. The number of likely N-dealkylation sites (tertiary alicyclic amines) is 1. The maximum Gasteiger partial charge on any atom is 0.326 e. The third-order valence-corrected chi connectivity index (χ3v) is 3.59. The van der Waals surface area contributed by atoms with Crippen molar-refractivity contribution in [3.63, 3.8) is 0 Å². The second-order valence-corrected chi connectivity index (χ2v) is 5.21.